The predicted octanol–water partition coefficient (Wildman–Crippen LogP) is 6.14. The first-order valence-electron chi connectivity index (χ1n) is 14.7. The number of halogens is 4. The number of benzene rings is 2. The molecule has 46 heavy (non-hydrogen) atoms. The Morgan fingerprint density at radius 2 is 1.59 bits per heavy atom. The van der Waals surface area contributed by atoms with Crippen molar-refractivity contribution in [3.05, 3.63) is 82.7 Å². The maximum atomic E-state index is 16.3. The summed E-state index contributed by atoms with van der Waals surface area (Å²) in [4.78, 5) is 31.5. The molecule has 2 bridgehead atoms. The number of aromatic nitrogens is 1. The van der Waals surface area contributed by atoms with Crippen LogP contribution in [0.25, 0.3) is 11.3 Å². The lowest BCUT2D eigenvalue weighted by atomic mass is 9.94. The summed E-state index contributed by atoms with van der Waals surface area (Å²) >= 11 is 3.21. The maximum absolute atomic E-state index is 16.3. The fourth-order valence-electron chi connectivity index (χ4n) is 5.95. The molecule has 2 aliphatic rings. The van der Waals surface area contributed by atoms with Gasteiger partial charge in [-0.25, -0.2) is 17.6 Å². The lowest BCUT2D eigenvalue weighted by Gasteiger charge is -2.42. The van der Waals surface area contributed by atoms with Gasteiger partial charge in [0.15, 0.2) is 6.04 Å². The Balaban J connectivity index is 1.41. The van der Waals surface area contributed by atoms with Crippen LogP contribution < -0.4 is 10.0 Å². The minimum atomic E-state index is -4.69. The molecule has 2 saturated heterocycles. The second-order valence-electron chi connectivity index (χ2n) is 12.5. The lowest BCUT2D eigenvalue weighted by Crippen LogP contribution is -2.61. The molecule has 3 heterocycles. The van der Waals surface area contributed by atoms with Crippen molar-refractivity contribution >= 4 is 38.0 Å². The Labute approximate surface area is 274 Å². The number of nitrogens with one attached hydrogen (secondary N) is 2. The zero-order valence-electron chi connectivity index (χ0n) is 25.3. The van der Waals surface area contributed by atoms with Crippen LogP contribution in [0.15, 0.2) is 76.2 Å². The molecule has 2 N–H and O–H groups in total. The zero-order valence-corrected chi connectivity index (χ0v) is 27.7. The molecule has 3 unspecified atom stereocenters. The first-order valence-corrected chi connectivity index (χ1v) is 17.0. The number of hydrogen-bond donors (Lipinski definition) is 2. The Kier molecular flexibility index (Phi) is 9.54. The van der Waals surface area contributed by atoms with Crippen LogP contribution >= 0.6 is 15.9 Å². The van der Waals surface area contributed by atoms with E-state index in [-0.39, 0.29) is 6.04 Å². The summed E-state index contributed by atoms with van der Waals surface area (Å²) in [5, 5.41) is 2.82. The molecule has 2 fully saturated rings. The molecule has 14 heteroatoms. The van der Waals surface area contributed by atoms with Crippen molar-refractivity contribution in [2.24, 2.45) is 0 Å². The van der Waals surface area contributed by atoms with Gasteiger partial charge >= 0.3 is 6.09 Å². The number of hydrogen-bond acceptors (Lipinski definition) is 6. The summed E-state index contributed by atoms with van der Waals surface area (Å²) in [6, 6.07) is 9.18. The van der Waals surface area contributed by atoms with E-state index in [1.807, 2.05) is 4.72 Å². The highest BCUT2D eigenvalue weighted by Gasteiger charge is 2.54. The second kappa shape index (κ2) is 13.0. The average molecular weight is 724 g/mol. The molecule has 2 aliphatic heterocycles. The molecule has 9 nitrogen and oxygen atoms in total. The number of amides is 2. The van der Waals surface area contributed by atoms with Crippen LogP contribution in [0.3, 0.4) is 0 Å². The monoisotopic (exact) mass is 722 g/mol. The number of sulfonamides is 1. The Morgan fingerprint density at radius 3 is 2.13 bits per heavy atom. The number of piperidine rings is 1. The number of carbonyl (C=O) groups is 2. The maximum Gasteiger partial charge on any atom is 0.407 e. The number of fused-ring (bicyclic) bond motifs is 2. The summed E-state index contributed by atoms with van der Waals surface area (Å²) in [5.74, 6) is -5.46. The van der Waals surface area contributed by atoms with E-state index in [9.17, 15) is 22.4 Å². The minimum absolute atomic E-state index is 0.305. The van der Waals surface area contributed by atoms with Gasteiger partial charge in [-0.05, 0) is 95.0 Å². The highest BCUT2D eigenvalue weighted by Crippen LogP contribution is 2.40. The molecule has 0 spiro atoms. The fourth-order valence-corrected chi connectivity index (χ4v) is 7.35. The highest BCUT2D eigenvalue weighted by molar-refractivity contribution is 9.10. The first-order chi connectivity index (χ1) is 21.5. The summed E-state index contributed by atoms with van der Waals surface area (Å²) in [6.07, 6.45) is 2.03. The Morgan fingerprint density at radius 1 is 0.978 bits per heavy atom. The van der Waals surface area contributed by atoms with Gasteiger partial charge in [0.05, 0.1) is 5.69 Å². The van der Waals surface area contributed by atoms with Crippen molar-refractivity contribution in [2.45, 2.75) is 87.0 Å². The molecule has 5 rings (SSSR count). The second-order valence-corrected chi connectivity index (χ2v) is 15.1. The zero-order chi connectivity index (χ0) is 33.4. The lowest BCUT2D eigenvalue weighted by molar-refractivity contribution is -0.149. The van der Waals surface area contributed by atoms with Crippen LogP contribution in [-0.4, -0.2) is 60.1 Å². The molecular formula is C32H34BrF3N4O5S. The van der Waals surface area contributed by atoms with Crippen LogP contribution in [-0.2, 0) is 25.5 Å². The normalized spacial score (nSPS) is 20.7. The summed E-state index contributed by atoms with van der Waals surface area (Å²) in [5.41, 5.74) is -0.394. The van der Waals surface area contributed by atoms with Gasteiger partial charge in [0.25, 0.3) is 5.92 Å². The van der Waals surface area contributed by atoms with E-state index in [1.54, 1.807) is 20.8 Å². The SMILES string of the molecule is CC(C)(C)OC(=O)NC1CC2CCC(C1)N2C(=O)C(NS(=O)(=O)c1ccc(-c2ccc(F)cc2)nc1)C(F)(F)c1ccc(Br)cc1. The van der Waals surface area contributed by atoms with E-state index in [0.717, 1.165) is 18.3 Å². The van der Waals surface area contributed by atoms with Gasteiger partial charge < -0.3 is 15.0 Å². The topological polar surface area (TPSA) is 118 Å². The van der Waals surface area contributed by atoms with E-state index >= 15 is 8.78 Å². The van der Waals surface area contributed by atoms with Crippen LogP contribution in [0.1, 0.15) is 52.0 Å². The quantitative estimate of drug-likeness (QED) is 0.289. The van der Waals surface area contributed by atoms with Gasteiger partial charge in [0.2, 0.25) is 15.9 Å². The largest absolute Gasteiger partial charge is 0.444 e. The minimum Gasteiger partial charge on any atom is -0.444 e. The van der Waals surface area contributed by atoms with Crippen molar-refractivity contribution in [2.75, 3.05) is 0 Å². The van der Waals surface area contributed by atoms with Crippen molar-refractivity contribution in [3.8, 4) is 11.3 Å². The van der Waals surface area contributed by atoms with Gasteiger partial charge in [-0.15, -0.1) is 0 Å². The molecule has 2 amide bonds. The summed E-state index contributed by atoms with van der Waals surface area (Å²) in [6.45, 7) is 5.21. The average Bonchev–Trinajstić information content (AvgIpc) is 3.25. The number of alkyl carbamates (subject to hydrolysis) is 1. The van der Waals surface area contributed by atoms with Crippen molar-refractivity contribution in [1.29, 1.82) is 0 Å². The number of carbonyl (C=O) groups excluding carboxylic acids is 2. The van der Waals surface area contributed by atoms with Crippen molar-refractivity contribution < 1.29 is 35.9 Å². The van der Waals surface area contributed by atoms with Gasteiger partial charge in [0.1, 0.15) is 16.3 Å². The Bertz CT molecular complexity index is 1670. The highest BCUT2D eigenvalue weighted by atomic mass is 79.9. The van der Waals surface area contributed by atoms with E-state index in [1.165, 1.54) is 53.4 Å². The Hall–Kier alpha value is -3.49. The number of alkyl halides is 2. The van der Waals surface area contributed by atoms with E-state index in [2.05, 4.69) is 26.2 Å². The molecule has 2 aromatic carbocycles. The third-order valence-electron chi connectivity index (χ3n) is 8.01. The van der Waals surface area contributed by atoms with Gasteiger partial charge in [0, 0.05) is 39.9 Å². The molecule has 246 valence electrons. The van der Waals surface area contributed by atoms with Crippen molar-refractivity contribution in [1.82, 2.24) is 19.9 Å². The third kappa shape index (κ3) is 7.55. The van der Waals surface area contributed by atoms with Gasteiger partial charge in [-0.3, -0.25) is 9.78 Å². The van der Waals surface area contributed by atoms with E-state index in [4.69, 9.17) is 4.74 Å². The fraction of sp³-hybridized carbons (Fsp3) is 0.406. The number of ether oxygens (including phenoxy) is 1. The van der Waals surface area contributed by atoms with Gasteiger partial charge in [-0.2, -0.15) is 13.5 Å². The molecule has 0 saturated carbocycles. The number of rotatable bonds is 8. The molecule has 3 aromatic rings. The van der Waals surface area contributed by atoms with E-state index in [0.29, 0.717) is 41.4 Å². The molecule has 1 aromatic heterocycles. The number of pyridine rings is 1. The molecule has 0 aliphatic carbocycles. The molecular weight excluding hydrogens is 689 g/mol. The van der Waals surface area contributed by atoms with Crippen LogP contribution in [0.5, 0.6) is 0 Å². The predicted molar refractivity (Wildman–Crippen MR) is 168 cm³/mol. The third-order valence-corrected chi connectivity index (χ3v) is 9.94. The standard InChI is InChI=1S/C32H34BrF3N4O5S/c1-31(2,3)45-30(42)38-23-16-24-12-13-25(17-23)40(24)29(41)28(32(35,36)20-6-8-21(33)9-7-20)39-46(43,44)26-14-15-27(37-18-26)19-4-10-22(34)11-5-19/h4-11,14-15,18,23-25,28,39H,12-13,16-17H2,1-3H3,(H,38,42). The molecule has 3 atom stereocenters. The summed E-state index contributed by atoms with van der Waals surface area (Å²) < 4.78 is 80.9. The van der Waals surface area contributed by atoms with Crippen molar-refractivity contribution in [3.63, 3.8) is 0 Å². The van der Waals surface area contributed by atoms with E-state index < -0.39 is 67.9 Å². The smallest absolute Gasteiger partial charge is 0.407 e. The van der Waals surface area contributed by atoms with Crippen LogP contribution in [0.4, 0.5) is 18.0 Å². The van der Waals surface area contributed by atoms with Crippen LogP contribution in [0, 0.1) is 5.82 Å². The number of nitrogens with zero attached hydrogens (tertiary/aromatic N) is 2. The first kappa shape index (κ1) is 33.9. The summed E-state index contributed by atoms with van der Waals surface area (Å²) in [7, 11) is -4.69. The molecule has 0 radical (unpaired) electrons. The van der Waals surface area contributed by atoms with Gasteiger partial charge in [-0.1, -0.05) is 28.1 Å². The van der Waals surface area contributed by atoms with Crippen LogP contribution in [0.2, 0.25) is 0 Å².